The van der Waals surface area contributed by atoms with E-state index in [1.54, 1.807) is 6.07 Å². The molecule has 29 heavy (non-hydrogen) atoms. The molecule has 154 valence electrons. The number of hydrogen-bond acceptors (Lipinski definition) is 5. The standard InChI is InChI=1S/C20H21FN2O5S/c1-27-19-7-6-17(29(25,26)23-9-11-28-12-10-23)14-18(19)22-20(24)8-5-15-3-2-4-16(21)13-15/h2-8,13-14H,9-12H2,1H3,(H,22,24). The van der Waals surface area contributed by atoms with E-state index < -0.39 is 21.7 Å². The van der Waals surface area contributed by atoms with Crippen molar-refractivity contribution < 1.29 is 27.1 Å². The van der Waals surface area contributed by atoms with Gasteiger partial charge in [-0.1, -0.05) is 12.1 Å². The maximum absolute atomic E-state index is 13.2. The van der Waals surface area contributed by atoms with E-state index >= 15 is 0 Å². The lowest BCUT2D eigenvalue weighted by molar-refractivity contribution is -0.111. The molecule has 0 radical (unpaired) electrons. The third kappa shape index (κ3) is 5.20. The summed E-state index contributed by atoms with van der Waals surface area (Å²) in [5, 5.41) is 2.61. The summed E-state index contributed by atoms with van der Waals surface area (Å²) in [4.78, 5) is 12.3. The molecule has 1 amide bonds. The number of carbonyl (C=O) groups is 1. The van der Waals surface area contributed by atoms with E-state index in [9.17, 15) is 17.6 Å². The highest BCUT2D eigenvalue weighted by Crippen LogP contribution is 2.29. The van der Waals surface area contributed by atoms with Crippen molar-refractivity contribution in [2.75, 3.05) is 38.7 Å². The Morgan fingerprint density at radius 3 is 2.66 bits per heavy atom. The van der Waals surface area contributed by atoms with E-state index in [1.807, 2.05) is 0 Å². The highest BCUT2D eigenvalue weighted by Gasteiger charge is 2.27. The first-order valence-electron chi connectivity index (χ1n) is 8.91. The molecule has 0 atom stereocenters. The lowest BCUT2D eigenvalue weighted by Gasteiger charge is -2.26. The van der Waals surface area contributed by atoms with Crippen LogP contribution in [0, 0.1) is 5.82 Å². The quantitative estimate of drug-likeness (QED) is 0.726. The second-order valence-corrected chi connectivity index (χ2v) is 8.19. The number of methoxy groups -OCH3 is 1. The van der Waals surface area contributed by atoms with Gasteiger partial charge < -0.3 is 14.8 Å². The predicted octanol–water partition coefficient (Wildman–Crippen LogP) is 2.51. The molecule has 1 aliphatic heterocycles. The number of hydrogen-bond donors (Lipinski definition) is 1. The fourth-order valence-electron chi connectivity index (χ4n) is 2.84. The van der Waals surface area contributed by atoms with Gasteiger partial charge in [-0.05, 0) is 42.0 Å². The molecule has 1 saturated heterocycles. The van der Waals surface area contributed by atoms with Crippen LogP contribution in [0.25, 0.3) is 6.08 Å². The van der Waals surface area contributed by atoms with Gasteiger partial charge in [0, 0.05) is 19.2 Å². The molecule has 1 N–H and O–H groups in total. The van der Waals surface area contributed by atoms with Gasteiger partial charge in [0.2, 0.25) is 15.9 Å². The van der Waals surface area contributed by atoms with E-state index in [-0.39, 0.29) is 23.7 Å². The molecule has 0 aliphatic carbocycles. The molecule has 1 fully saturated rings. The largest absolute Gasteiger partial charge is 0.495 e. The summed E-state index contributed by atoms with van der Waals surface area (Å²) < 4.78 is 50.7. The van der Waals surface area contributed by atoms with Crippen LogP contribution in [-0.4, -0.2) is 52.0 Å². The van der Waals surface area contributed by atoms with Crippen molar-refractivity contribution in [1.29, 1.82) is 0 Å². The van der Waals surface area contributed by atoms with Gasteiger partial charge >= 0.3 is 0 Å². The van der Waals surface area contributed by atoms with Gasteiger partial charge in [0.05, 0.1) is 30.9 Å². The van der Waals surface area contributed by atoms with Crippen LogP contribution >= 0.6 is 0 Å². The normalized spacial score (nSPS) is 15.4. The topological polar surface area (TPSA) is 84.9 Å². The van der Waals surface area contributed by atoms with Crippen LogP contribution in [-0.2, 0) is 19.6 Å². The van der Waals surface area contributed by atoms with Crippen molar-refractivity contribution in [3.05, 3.63) is 59.9 Å². The zero-order valence-electron chi connectivity index (χ0n) is 15.8. The Kier molecular flexibility index (Phi) is 6.63. The lowest BCUT2D eigenvalue weighted by Crippen LogP contribution is -2.40. The Morgan fingerprint density at radius 2 is 1.97 bits per heavy atom. The average Bonchev–Trinajstić information content (AvgIpc) is 2.73. The molecule has 9 heteroatoms. The van der Waals surface area contributed by atoms with Crippen LogP contribution < -0.4 is 10.1 Å². The SMILES string of the molecule is COc1ccc(S(=O)(=O)N2CCOCC2)cc1NC(=O)C=Cc1cccc(F)c1. The van der Waals surface area contributed by atoms with E-state index in [4.69, 9.17) is 9.47 Å². The number of nitrogens with zero attached hydrogens (tertiary/aromatic N) is 1. The van der Waals surface area contributed by atoms with E-state index in [0.717, 1.165) is 0 Å². The van der Waals surface area contributed by atoms with Crippen molar-refractivity contribution in [3.63, 3.8) is 0 Å². The Bertz CT molecular complexity index is 1020. The van der Waals surface area contributed by atoms with Gasteiger partial charge in [0.25, 0.3) is 0 Å². The second kappa shape index (κ2) is 9.17. The second-order valence-electron chi connectivity index (χ2n) is 6.26. The van der Waals surface area contributed by atoms with Crippen LogP contribution in [0.15, 0.2) is 53.4 Å². The predicted molar refractivity (Wildman–Crippen MR) is 107 cm³/mol. The average molecular weight is 420 g/mol. The third-order valence-electron chi connectivity index (χ3n) is 4.31. The number of rotatable bonds is 6. The number of nitrogens with one attached hydrogen (secondary N) is 1. The summed E-state index contributed by atoms with van der Waals surface area (Å²) in [7, 11) is -2.30. The first-order chi connectivity index (χ1) is 13.9. The zero-order valence-corrected chi connectivity index (χ0v) is 16.6. The Hall–Kier alpha value is -2.75. The van der Waals surface area contributed by atoms with Crippen molar-refractivity contribution in [2.24, 2.45) is 0 Å². The zero-order chi connectivity index (χ0) is 20.9. The van der Waals surface area contributed by atoms with E-state index in [1.165, 1.54) is 60.0 Å². The fraction of sp³-hybridized carbons (Fsp3) is 0.250. The molecular weight excluding hydrogens is 399 g/mol. The van der Waals surface area contributed by atoms with Crippen LogP contribution in [0.3, 0.4) is 0 Å². The molecule has 1 aliphatic rings. The molecule has 2 aromatic carbocycles. The van der Waals surface area contributed by atoms with Crippen LogP contribution in [0.4, 0.5) is 10.1 Å². The van der Waals surface area contributed by atoms with Gasteiger partial charge in [0.1, 0.15) is 11.6 Å². The first kappa shape index (κ1) is 21.0. The molecule has 1 heterocycles. The van der Waals surface area contributed by atoms with E-state index in [0.29, 0.717) is 24.5 Å². The maximum atomic E-state index is 13.2. The molecule has 7 nitrogen and oxygen atoms in total. The lowest BCUT2D eigenvalue weighted by atomic mass is 10.2. The summed E-state index contributed by atoms with van der Waals surface area (Å²) in [6.45, 7) is 1.21. The number of ether oxygens (including phenoxy) is 2. The van der Waals surface area contributed by atoms with Crippen molar-refractivity contribution in [3.8, 4) is 5.75 Å². The summed E-state index contributed by atoms with van der Waals surface area (Å²) >= 11 is 0. The van der Waals surface area contributed by atoms with Crippen molar-refractivity contribution in [1.82, 2.24) is 4.31 Å². The van der Waals surface area contributed by atoms with Crippen LogP contribution in [0.2, 0.25) is 0 Å². The number of carbonyl (C=O) groups excluding carboxylic acids is 1. The molecule has 0 saturated carbocycles. The molecule has 2 aromatic rings. The summed E-state index contributed by atoms with van der Waals surface area (Å²) in [6.07, 6.45) is 2.69. The number of anilines is 1. The smallest absolute Gasteiger partial charge is 0.248 e. The highest BCUT2D eigenvalue weighted by atomic mass is 32.2. The van der Waals surface area contributed by atoms with Gasteiger partial charge in [-0.2, -0.15) is 4.31 Å². The van der Waals surface area contributed by atoms with Crippen molar-refractivity contribution in [2.45, 2.75) is 4.90 Å². The molecule has 0 unspecified atom stereocenters. The van der Waals surface area contributed by atoms with Gasteiger partial charge in [-0.25, -0.2) is 12.8 Å². The molecule has 0 spiro atoms. The van der Waals surface area contributed by atoms with Crippen LogP contribution in [0.5, 0.6) is 5.75 Å². The summed E-state index contributed by atoms with van der Waals surface area (Å²) in [6, 6.07) is 10.1. The van der Waals surface area contributed by atoms with E-state index in [2.05, 4.69) is 5.32 Å². The molecule has 3 rings (SSSR count). The Labute approximate surface area is 168 Å². The minimum Gasteiger partial charge on any atom is -0.495 e. The minimum atomic E-state index is -3.72. The van der Waals surface area contributed by atoms with Crippen molar-refractivity contribution >= 4 is 27.7 Å². The third-order valence-corrected chi connectivity index (χ3v) is 6.21. The Balaban J connectivity index is 1.81. The first-order valence-corrected chi connectivity index (χ1v) is 10.3. The fourth-order valence-corrected chi connectivity index (χ4v) is 4.27. The number of halogens is 1. The summed E-state index contributed by atoms with van der Waals surface area (Å²) in [5.74, 6) is -0.595. The summed E-state index contributed by atoms with van der Waals surface area (Å²) in [5.41, 5.74) is 0.742. The molecule has 0 bridgehead atoms. The minimum absolute atomic E-state index is 0.0459. The maximum Gasteiger partial charge on any atom is 0.248 e. The number of morpholine rings is 1. The highest BCUT2D eigenvalue weighted by molar-refractivity contribution is 7.89. The van der Waals surface area contributed by atoms with Crippen LogP contribution in [0.1, 0.15) is 5.56 Å². The van der Waals surface area contributed by atoms with Gasteiger partial charge in [-0.15, -0.1) is 0 Å². The number of amides is 1. The monoisotopic (exact) mass is 420 g/mol. The van der Waals surface area contributed by atoms with Gasteiger partial charge in [-0.3, -0.25) is 4.79 Å². The van der Waals surface area contributed by atoms with Gasteiger partial charge in [0.15, 0.2) is 0 Å². The Morgan fingerprint density at radius 1 is 1.21 bits per heavy atom. The molecular formula is C20H21FN2O5S. The number of benzene rings is 2. The number of sulfonamides is 1. The molecule has 0 aromatic heterocycles.